The Morgan fingerprint density at radius 1 is 0.963 bits per heavy atom. The van der Waals surface area contributed by atoms with Crippen LogP contribution in [-0.2, 0) is 16.0 Å². The topological polar surface area (TPSA) is 67.4 Å². The highest BCUT2D eigenvalue weighted by Crippen LogP contribution is 2.25. The molecule has 2 N–H and O–H groups in total. The molecule has 0 radical (unpaired) electrons. The van der Waals surface area contributed by atoms with Crippen molar-refractivity contribution < 1.29 is 14.3 Å². The summed E-state index contributed by atoms with van der Waals surface area (Å²) in [7, 11) is 1.61. The first-order valence-corrected chi connectivity index (χ1v) is 9.48. The summed E-state index contributed by atoms with van der Waals surface area (Å²) in [4.78, 5) is 24.7. The third-order valence-corrected chi connectivity index (χ3v) is 4.91. The summed E-state index contributed by atoms with van der Waals surface area (Å²) in [5.74, 6) is 0.847. The molecule has 0 saturated heterocycles. The first-order chi connectivity index (χ1) is 13.1. The van der Waals surface area contributed by atoms with Gasteiger partial charge in [-0.15, -0.1) is 0 Å². The Balaban J connectivity index is 1.56. The molecule has 5 heteroatoms. The minimum absolute atomic E-state index is 0.0800. The zero-order valence-electron chi connectivity index (χ0n) is 15.7. The molecule has 0 spiro atoms. The van der Waals surface area contributed by atoms with Crippen LogP contribution in [-0.4, -0.2) is 18.9 Å². The van der Waals surface area contributed by atoms with E-state index in [4.69, 9.17) is 4.74 Å². The van der Waals surface area contributed by atoms with E-state index in [1.807, 2.05) is 42.5 Å². The van der Waals surface area contributed by atoms with Crippen molar-refractivity contribution in [1.29, 1.82) is 0 Å². The lowest BCUT2D eigenvalue weighted by Crippen LogP contribution is -2.24. The molecular formula is C22H26N2O3. The van der Waals surface area contributed by atoms with Gasteiger partial charge in [0.25, 0.3) is 0 Å². The Hall–Kier alpha value is -2.82. The molecule has 0 atom stereocenters. The van der Waals surface area contributed by atoms with Gasteiger partial charge in [0, 0.05) is 17.3 Å². The number of hydrogen-bond donors (Lipinski definition) is 2. The summed E-state index contributed by atoms with van der Waals surface area (Å²) in [5.41, 5.74) is 2.30. The molecule has 0 heterocycles. The van der Waals surface area contributed by atoms with E-state index in [-0.39, 0.29) is 24.2 Å². The highest BCUT2D eigenvalue weighted by atomic mass is 16.5. The molecule has 1 aliphatic rings. The predicted molar refractivity (Wildman–Crippen MR) is 107 cm³/mol. The molecule has 1 saturated carbocycles. The summed E-state index contributed by atoms with van der Waals surface area (Å²) in [6.07, 6.45) is 5.68. The van der Waals surface area contributed by atoms with Crippen LogP contribution in [0.5, 0.6) is 5.75 Å². The highest BCUT2D eigenvalue weighted by molar-refractivity contribution is 5.95. The Kier molecular flexibility index (Phi) is 6.47. The summed E-state index contributed by atoms with van der Waals surface area (Å²) >= 11 is 0. The third kappa shape index (κ3) is 5.58. The van der Waals surface area contributed by atoms with Gasteiger partial charge in [0.15, 0.2) is 0 Å². The van der Waals surface area contributed by atoms with E-state index in [1.54, 1.807) is 13.2 Å². The molecule has 0 aromatic heterocycles. The number of carbonyl (C=O) groups is 2. The molecule has 1 aliphatic carbocycles. The number of anilines is 2. The molecule has 5 nitrogen and oxygen atoms in total. The first-order valence-electron chi connectivity index (χ1n) is 9.48. The van der Waals surface area contributed by atoms with Gasteiger partial charge in [-0.3, -0.25) is 9.59 Å². The summed E-state index contributed by atoms with van der Waals surface area (Å²) in [5, 5.41) is 5.87. The molecule has 2 amide bonds. The number of rotatable bonds is 6. The zero-order chi connectivity index (χ0) is 19.1. The maximum absolute atomic E-state index is 12.4. The lowest BCUT2D eigenvalue weighted by atomic mass is 9.88. The second-order valence-electron chi connectivity index (χ2n) is 6.98. The van der Waals surface area contributed by atoms with Gasteiger partial charge in [-0.2, -0.15) is 0 Å². The van der Waals surface area contributed by atoms with Crippen LogP contribution < -0.4 is 15.4 Å². The van der Waals surface area contributed by atoms with Crippen LogP contribution in [0.2, 0.25) is 0 Å². The second-order valence-corrected chi connectivity index (χ2v) is 6.98. The van der Waals surface area contributed by atoms with Gasteiger partial charge in [0.1, 0.15) is 5.75 Å². The van der Waals surface area contributed by atoms with Crippen LogP contribution in [0.25, 0.3) is 0 Å². The lowest BCUT2D eigenvalue weighted by Gasteiger charge is -2.20. The van der Waals surface area contributed by atoms with E-state index in [1.165, 1.54) is 6.42 Å². The molecule has 0 bridgehead atoms. The van der Waals surface area contributed by atoms with Gasteiger partial charge < -0.3 is 15.4 Å². The van der Waals surface area contributed by atoms with Crippen molar-refractivity contribution in [2.75, 3.05) is 17.7 Å². The quantitative estimate of drug-likeness (QED) is 0.796. The van der Waals surface area contributed by atoms with Gasteiger partial charge in [0.05, 0.1) is 13.5 Å². The predicted octanol–water partition coefficient (Wildman–Crippen LogP) is 4.40. The Labute approximate surface area is 160 Å². The van der Waals surface area contributed by atoms with Crippen LogP contribution in [0.3, 0.4) is 0 Å². The standard InChI is InChI=1S/C22H26N2O3/c1-27-20-12-10-16(11-13-20)14-21(25)23-18-8-5-9-19(15-18)24-22(26)17-6-3-2-4-7-17/h5,8-13,15,17H,2-4,6-7,14H2,1H3,(H,23,25)(H,24,26). The van der Waals surface area contributed by atoms with E-state index in [9.17, 15) is 9.59 Å². The van der Waals surface area contributed by atoms with E-state index in [0.29, 0.717) is 11.4 Å². The van der Waals surface area contributed by atoms with Crippen molar-refractivity contribution in [2.45, 2.75) is 38.5 Å². The number of methoxy groups -OCH3 is 1. The number of ether oxygens (including phenoxy) is 1. The molecule has 0 aliphatic heterocycles. The van der Waals surface area contributed by atoms with E-state index >= 15 is 0 Å². The molecule has 142 valence electrons. The largest absolute Gasteiger partial charge is 0.497 e. The van der Waals surface area contributed by atoms with Crippen molar-refractivity contribution >= 4 is 23.2 Å². The fourth-order valence-corrected chi connectivity index (χ4v) is 3.42. The average molecular weight is 366 g/mol. The minimum atomic E-state index is -0.101. The van der Waals surface area contributed by atoms with E-state index < -0.39 is 0 Å². The maximum atomic E-state index is 12.4. The Morgan fingerprint density at radius 3 is 2.30 bits per heavy atom. The third-order valence-electron chi connectivity index (χ3n) is 4.91. The second kappa shape index (κ2) is 9.21. The van der Waals surface area contributed by atoms with Crippen LogP contribution in [0.4, 0.5) is 11.4 Å². The molecule has 3 rings (SSSR count). The Bertz CT molecular complexity index is 780. The number of nitrogens with one attached hydrogen (secondary N) is 2. The SMILES string of the molecule is COc1ccc(CC(=O)Nc2cccc(NC(=O)C3CCCCC3)c2)cc1. The summed E-state index contributed by atoms with van der Waals surface area (Å²) < 4.78 is 5.12. The monoisotopic (exact) mass is 366 g/mol. The van der Waals surface area contributed by atoms with Crippen molar-refractivity contribution in [1.82, 2.24) is 0 Å². The molecule has 1 fully saturated rings. The van der Waals surface area contributed by atoms with E-state index in [0.717, 1.165) is 37.0 Å². The van der Waals surface area contributed by atoms with Gasteiger partial charge in [0.2, 0.25) is 11.8 Å². The minimum Gasteiger partial charge on any atom is -0.497 e. The molecule has 2 aromatic rings. The number of hydrogen-bond acceptors (Lipinski definition) is 3. The van der Waals surface area contributed by atoms with Crippen LogP contribution in [0.15, 0.2) is 48.5 Å². The van der Waals surface area contributed by atoms with Gasteiger partial charge in [-0.1, -0.05) is 37.5 Å². The summed E-state index contributed by atoms with van der Waals surface area (Å²) in [6, 6.07) is 14.7. The zero-order valence-corrected chi connectivity index (χ0v) is 15.7. The number of amides is 2. The van der Waals surface area contributed by atoms with Crippen molar-refractivity contribution in [3.8, 4) is 5.75 Å². The average Bonchev–Trinajstić information content (AvgIpc) is 2.69. The smallest absolute Gasteiger partial charge is 0.228 e. The van der Waals surface area contributed by atoms with Gasteiger partial charge >= 0.3 is 0 Å². The molecular weight excluding hydrogens is 340 g/mol. The fourth-order valence-electron chi connectivity index (χ4n) is 3.42. The van der Waals surface area contributed by atoms with Crippen molar-refractivity contribution in [3.63, 3.8) is 0 Å². The van der Waals surface area contributed by atoms with Gasteiger partial charge in [-0.05, 0) is 48.7 Å². The van der Waals surface area contributed by atoms with Crippen LogP contribution in [0.1, 0.15) is 37.7 Å². The van der Waals surface area contributed by atoms with E-state index in [2.05, 4.69) is 10.6 Å². The molecule has 2 aromatic carbocycles. The van der Waals surface area contributed by atoms with Gasteiger partial charge in [-0.25, -0.2) is 0 Å². The highest BCUT2D eigenvalue weighted by Gasteiger charge is 2.21. The van der Waals surface area contributed by atoms with Crippen molar-refractivity contribution in [3.05, 3.63) is 54.1 Å². The first kappa shape index (κ1) is 19.0. The Morgan fingerprint density at radius 2 is 1.63 bits per heavy atom. The van der Waals surface area contributed by atoms with Crippen molar-refractivity contribution in [2.24, 2.45) is 5.92 Å². The van der Waals surface area contributed by atoms with Crippen LogP contribution >= 0.6 is 0 Å². The number of benzene rings is 2. The maximum Gasteiger partial charge on any atom is 0.228 e. The molecule has 27 heavy (non-hydrogen) atoms. The van der Waals surface area contributed by atoms with Crippen LogP contribution in [0, 0.1) is 5.92 Å². The lowest BCUT2D eigenvalue weighted by molar-refractivity contribution is -0.120. The number of carbonyl (C=O) groups excluding carboxylic acids is 2. The normalized spacial score (nSPS) is 14.4. The fraction of sp³-hybridized carbons (Fsp3) is 0.364. The molecule has 0 unspecified atom stereocenters. The summed E-state index contributed by atoms with van der Waals surface area (Å²) in [6.45, 7) is 0.